The second-order valence-electron chi connectivity index (χ2n) is 3.06. The minimum absolute atomic E-state index is 0.250. The maximum Gasteiger partial charge on any atom is 0.0956 e. The molecule has 0 spiro atoms. The van der Waals surface area contributed by atoms with Crippen LogP contribution in [-0.2, 0) is 6.42 Å². The maximum absolute atomic E-state index is 9.55. The highest BCUT2D eigenvalue weighted by atomic mass is 32.2. The van der Waals surface area contributed by atoms with E-state index in [1.165, 1.54) is 4.88 Å². The van der Waals surface area contributed by atoms with Crippen molar-refractivity contribution in [2.45, 2.75) is 26.4 Å². The number of thiazole rings is 1. The molecule has 0 aromatic carbocycles. The van der Waals surface area contributed by atoms with Crippen LogP contribution in [0.25, 0.3) is 0 Å². The van der Waals surface area contributed by atoms with Gasteiger partial charge in [-0.05, 0) is 20.1 Å². The van der Waals surface area contributed by atoms with Crippen molar-refractivity contribution in [1.82, 2.24) is 4.98 Å². The summed E-state index contributed by atoms with van der Waals surface area (Å²) in [6.07, 6.45) is 2.45. The fourth-order valence-corrected chi connectivity index (χ4v) is 2.59. The molecular weight excluding hydrogens is 202 g/mol. The number of aromatic nitrogens is 1. The molecule has 0 aliphatic rings. The maximum atomic E-state index is 9.55. The summed E-state index contributed by atoms with van der Waals surface area (Å²) in [5.74, 6) is 0.789. The van der Waals surface area contributed by atoms with Crippen molar-refractivity contribution in [1.29, 1.82) is 0 Å². The quantitative estimate of drug-likeness (QED) is 0.837. The molecule has 2 nitrogen and oxygen atoms in total. The van der Waals surface area contributed by atoms with Crippen molar-refractivity contribution in [2.75, 3.05) is 12.0 Å². The van der Waals surface area contributed by atoms with E-state index in [1.54, 1.807) is 23.1 Å². The summed E-state index contributed by atoms with van der Waals surface area (Å²) in [6.45, 7) is 4.08. The normalized spacial score (nSPS) is 13.2. The molecule has 1 atom stereocenters. The number of thioether (sulfide) groups is 1. The molecule has 1 rings (SSSR count). The number of aliphatic hydroxyl groups is 1. The second-order valence-corrected chi connectivity index (χ2v) is 5.26. The molecule has 1 aromatic rings. The Balaban J connectivity index is 2.53. The first kappa shape index (κ1) is 11.0. The molecule has 0 aliphatic heterocycles. The van der Waals surface area contributed by atoms with Crippen LogP contribution in [0.5, 0.6) is 0 Å². The van der Waals surface area contributed by atoms with Crippen molar-refractivity contribution in [3.8, 4) is 0 Å². The Labute approximate surface area is 87.4 Å². The standard InChI is InChI=1S/C9H15NOS2/c1-6-7(2)13-9(10-6)4-8(11)5-12-3/h8,11H,4-5H2,1-3H3. The van der Waals surface area contributed by atoms with E-state index in [0.29, 0.717) is 6.42 Å². The molecule has 0 amide bonds. The zero-order valence-electron chi connectivity index (χ0n) is 8.20. The highest BCUT2D eigenvalue weighted by molar-refractivity contribution is 7.98. The average Bonchev–Trinajstić information content (AvgIpc) is 2.31. The van der Waals surface area contributed by atoms with Gasteiger partial charge in [-0.3, -0.25) is 0 Å². The van der Waals surface area contributed by atoms with Crippen LogP contribution in [0.1, 0.15) is 15.6 Å². The number of aryl methyl sites for hydroxylation is 2. The lowest BCUT2D eigenvalue weighted by Gasteiger charge is -2.04. The van der Waals surface area contributed by atoms with Crippen LogP contribution in [0.15, 0.2) is 0 Å². The molecule has 74 valence electrons. The van der Waals surface area contributed by atoms with Gasteiger partial charge in [0.05, 0.1) is 16.8 Å². The molecule has 1 heterocycles. The molecule has 0 bridgehead atoms. The number of aliphatic hydroxyl groups excluding tert-OH is 1. The van der Waals surface area contributed by atoms with Gasteiger partial charge in [0, 0.05) is 17.1 Å². The predicted molar refractivity (Wildman–Crippen MR) is 59.7 cm³/mol. The lowest BCUT2D eigenvalue weighted by molar-refractivity contribution is 0.200. The van der Waals surface area contributed by atoms with Crippen molar-refractivity contribution >= 4 is 23.1 Å². The smallest absolute Gasteiger partial charge is 0.0956 e. The van der Waals surface area contributed by atoms with Crippen LogP contribution in [0, 0.1) is 13.8 Å². The first-order valence-electron chi connectivity index (χ1n) is 4.23. The van der Waals surface area contributed by atoms with E-state index in [0.717, 1.165) is 16.5 Å². The van der Waals surface area contributed by atoms with Gasteiger partial charge in [-0.25, -0.2) is 4.98 Å². The van der Waals surface area contributed by atoms with Crippen LogP contribution in [-0.4, -0.2) is 28.2 Å². The Hall–Kier alpha value is -0.0600. The van der Waals surface area contributed by atoms with Gasteiger partial charge in [-0.2, -0.15) is 11.8 Å². The van der Waals surface area contributed by atoms with E-state index in [2.05, 4.69) is 11.9 Å². The Morgan fingerprint density at radius 3 is 2.69 bits per heavy atom. The Morgan fingerprint density at radius 1 is 1.54 bits per heavy atom. The SMILES string of the molecule is CSCC(O)Cc1nc(C)c(C)s1. The zero-order valence-corrected chi connectivity index (χ0v) is 9.84. The van der Waals surface area contributed by atoms with Crippen LogP contribution in [0.2, 0.25) is 0 Å². The monoisotopic (exact) mass is 217 g/mol. The molecule has 1 N–H and O–H groups in total. The van der Waals surface area contributed by atoms with Crippen LogP contribution >= 0.6 is 23.1 Å². The Kier molecular flexibility index (Phi) is 4.22. The topological polar surface area (TPSA) is 33.1 Å². The van der Waals surface area contributed by atoms with Crippen LogP contribution < -0.4 is 0 Å². The van der Waals surface area contributed by atoms with Gasteiger partial charge in [0.25, 0.3) is 0 Å². The molecular formula is C9H15NOS2. The van der Waals surface area contributed by atoms with Gasteiger partial charge in [0.15, 0.2) is 0 Å². The summed E-state index contributed by atoms with van der Waals surface area (Å²) in [5, 5.41) is 10.6. The van der Waals surface area contributed by atoms with E-state index < -0.39 is 0 Å². The van der Waals surface area contributed by atoms with Crippen molar-refractivity contribution in [3.05, 3.63) is 15.6 Å². The predicted octanol–water partition coefficient (Wildman–Crippen LogP) is 2.03. The van der Waals surface area contributed by atoms with E-state index in [4.69, 9.17) is 0 Å². The summed E-state index contributed by atoms with van der Waals surface area (Å²) >= 11 is 3.35. The molecule has 0 aliphatic carbocycles. The summed E-state index contributed by atoms with van der Waals surface area (Å²) in [7, 11) is 0. The van der Waals surface area contributed by atoms with Crippen molar-refractivity contribution in [2.24, 2.45) is 0 Å². The van der Waals surface area contributed by atoms with Crippen molar-refractivity contribution in [3.63, 3.8) is 0 Å². The first-order chi connectivity index (χ1) is 6.13. The lowest BCUT2D eigenvalue weighted by Crippen LogP contribution is -2.12. The lowest BCUT2D eigenvalue weighted by atomic mass is 10.3. The summed E-state index contributed by atoms with van der Waals surface area (Å²) < 4.78 is 0. The number of hydrogen-bond acceptors (Lipinski definition) is 4. The number of nitrogens with zero attached hydrogens (tertiary/aromatic N) is 1. The van der Waals surface area contributed by atoms with Crippen molar-refractivity contribution < 1.29 is 5.11 Å². The van der Waals surface area contributed by atoms with Crippen LogP contribution in [0.3, 0.4) is 0 Å². The van der Waals surface area contributed by atoms with Gasteiger partial charge < -0.3 is 5.11 Å². The molecule has 1 unspecified atom stereocenters. The molecule has 0 radical (unpaired) electrons. The molecule has 13 heavy (non-hydrogen) atoms. The minimum Gasteiger partial charge on any atom is -0.392 e. The molecule has 0 saturated heterocycles. The van der Waals surface area contributed by atoms with E-state index in [-0.39, 0.29) is 6.10 Å². The molecule has 0 saturated carbocycles. The van der Waals surface area contributed by atoms with E-state index in [1.807, 2.05) is 13.2 Å². The Morgan fingerprint density at radius 2 is 2.23 bits per heavy atom. The zero-order chi connectivity index (χ0) is 9.84. The third-order valence-corrected chi connectivity index (χ3v) is 3.66. The third kappa shape index (κ3) is 3.29. The molecule has 0 fully saturated rings. The summed E-state index contributed by atoms with van der Waals surface area (Å²) in [5.41, 5.74) is 1.09. The minimum atomic E-state index is -0.250. The van der Waals surface area contributed by atoms with Gasteiger partial charge in [-0.15, -0.1) is 11.3 Å². The largest absolute Gasteiger partial charge is 0.392 e. The second kappa shape index (κ2) is 4.98. The summed E-state index contributed by atoms with van der Waals surface area (Å²) in [6, 6.07) is 0. The summed E-state index contributed by atoms with van der Waals surface area (Å²) in [4.78, 5) is 5.64. The van der Waals surface area contributed by atoms with Gasteiger partial charge in [0.2, 0.25) is 0 Å². The molecule has 1 aromatic heterocycles. The average molecular weight is 217 g/mol. The van der Waals surface area contributed by atoms with Gasteiger partial charge >= 0.3 is 0 Å². The Bertz CT molecular complexity index is 253. The fourth-order valence-electron chi connectivity index (χ4n) is 1.08. The van der Waals surface area contributed by atoms with E-state index >= 15 is 0 Å². The number of hydrogen-bond donors (Lipinski definition) is 1. The first-order valence-corrected chi connectivity index (χ1v) is 6.44. The van der Waals surface area contributed by atoms with Gasteiger partial charge in [-0.1, -0.05) is 0 Å². The van der Waals surface area contributed by atoms with Crippen LogP contribution in [0.4, 0.5) is 0 Å². The molecule has 4 heteroatoms. The fraction of sp³-hybridized carbons (Fsp3) is 0.667. The highest BCUT2D eigenvalue weighted by Crippen LogP contribution is 2.18. The van der Waals surface area contributed by atoms with Gasteiger partial charge in [0.1, 0.15) is 0 Å². The highest BCUT2D eigenvalue weighted by Gasteiger charge is 2.09. The number of rotatable bonds is 4. The third-order valence-electron chi connectivity index (χ3n) is 1.84. The van der Waals surface area contributed by atoms with E-state index in [9.17, 15) is 5.11 Å².